The fraction of sp³-hybridized carbons (Fsp3) is 0.471. The molecule has 2 rings (SSSR count). The largest absolute Gasteiger partial charge is 0.306 e. The minimum absolute atomic E-state index is 0.200. The molecular weight excluding hydrogens is 326 g/mol. The molecule has 0 aliphatic rings. The van der Waals surface area contributed by atoms with Gasteiger partial charge in [-0.05, 0) is 43.5 Å². The van der Waals surface area contributed by atoms with Crippen LogP contribution in [0.15, 0.2) is 29.0 Å². The Morgan fingerprint density at radius 2 is 1.86 bits per heavy atom. The molecule has 1 atom stereocenters. The highest BCUT2D eigenvalue weighted by Crippen LogP contribution is 2.28. The fourth-order valence-corrected chi connectivity index (χ4v) is 2.89. The molecule has 0 aliphatic heterocycles. The van der Waals surface area contributed by atoms with Gasteiger partial charge in [-0.1, -0.05) is 41.9 Å². The van der Waals surface area contributed by atoms with E-state index in [1.165, 1.54) is 26.7 Å². The normalized spacial score (nSPS) is 12.6. The Kier molecular flexibility index (Phi) is 5.59. The number of nitrogens with one attached hydrogen (secondary N) is 1. The van der Waals surface area contributed by atoms with Crippen molar-refractivity contribution in [3.05, 3.63) is 51.3 Å². The van der Waals surface area contributed by atoms with Crippen LogP contribution in [0.1, 0.15) is 48.6 Å². The number of nitrogens with zero attached hydrogens (tertiary/aromatic N) is 2. The molecule has 0 spiro atoms. The van der Waals surface area contributed by atoms with Crippen molar-refractivity contribution in [1.82, 2.24) is 15.1 Å². The summed E-state index contributed by atoms with van der Waals surface area (Å²) in [6.07, 6.45) is 5.24. The summed E-state index contributed by atoms with van der Waals surface area (Å²) in [5, 5.41) is 8.04. The molecule has 0 fully saturated rings. The number of benzene rings is 1. The van der Waals surface area contributed by atoms with Gasteiger partial charge in [0.15, 0.2) is 0 Å². The Labute approximate surface area is 135 Å². The molecule has 0 bridgehead atoms. The third-order valence-corrected chi connectivity index (χ3v) is 4.89. The Balaban J connectivity index is 2.37. The van der Waals surface area contributed by atoms with Crippen LogP contribution in [0.4, 0.5) is 0 Å². The first-order chi connectivity index (χ1) is 10.1. The second-order valence-electron chi connectivity index (χ2n) is 5.50. The van der Waals surface area contributed by atoms with E-state index >= 15 is 0 Å². The van der Waals surface area contributed by atoms with Crippen LogP contribution in [0.3, 0.4) is 0 Å². The zero-order chi connectivity index (χ0) is 15.4. The summed E-state index contributed by atoms with van der Waals surface area (Å²) in [7, 11) is 0. The zero-order valence-electron chi connectivity index (χ0n) is 13.3. The minimum atomic E-state index is 0.200. The second-order valence-corrected chi connectivity index (χ2v) is 6.29. The minimum Gasteiger partial charge on any atom is -0.306 e. The summed E-state index contributed by atoms with van der Waals surface area (Å²) in [5.41, 5.74) is 5.07. The van der Waals surface area contributed by atoms with E-state index in [1.54, 1.807) is 0 Å². The van der Waals surface area contributed by atoms with Crippen LogP contribution < -0.4 is 5.32 Å². The number of rotatable bonds is 6. The molecule has 1 unspecified atom stereocenters. The van der Waals surface area contributed by atoms with Crippen molar-refractivity contribution in [3.63, 3.8) is 0 Å². The van der Waals surface area contributed by atoms with Crippen molar-refractivity contribution in [2.45, 2.75) is 46.7 Å². The molecule has 0 saturated carbocycles. The molecule has 114 valence electrons. The lowest BCUT2D eigenvalue weighted by atomic mass is 9.97. The molecular formula is C17H24BrN3. The lowest BCUT2D eigenvalue weighted by Gasteiger charge is -2.19. The predicted molar refractivity (Wildman–Crippen MR) is 91.7 cm³/mol. The zero-order valence-corrected chi connectivity index (χ0v) is 14.9. The van der Waals surface area contributed by atoms with Crippen molar-refractivity contribution < 1.29 is 0 Å². The Bertz CT molecular complexity index is 581. The van der Waals surface area contributed by atoms with Crippen LogP contribution in [0.5, 0.6) is 0 Å². The molecule has 0 radical (unpaired) electrons. The molecule has 3 nitrogen and oxygen atoms in total. The highest BCUT2D eigenvalue weighted by Gasteiger charge is 2.16. The lowest BCUT2D eigenvalue weighted by molar-refractivity contribution is 0.597. The fourth-order valence-electron chi connectivity index (χ4n) is 2.66. The SMILES string of the molecule is CCCn1cc(C(NCC)c2cc(C)c(Br)c(C)c2)cn1. The van der Waals surface area contributed by atoms with Gasteiger partial charge in [0.1, 0.15) is 0 Å². The predicted octanol–water partition coefficient (Wildman–Crippen LogP) is 4.37. The van der Waals surface area contributed by atoms with Crippen LogP contribution in [-0.2, 0) is 6.54 Å². The quantitative estimate of drug-likeness (QED) is 0.838. The number of aryl methyl sites for hydroxylation is 3. The second kappa shape index (κ2) is 7.23. The average molecular weight is 350 g/mol. The number of halogens is 1. The van der Waals surface area contributed by atoms with Gasteiger partial charge in [0.25, 0.3) is 0 Å². The van der Waals surface area contributed by atoms with Gasteiger partial charge in [0.05, 0.1) is 12.2 Å². The van der Waals surface area contributed by atoms with Crippen molar-refractivity contribution in [2.24, 2.45) is 0 Å². The highest BCUT2D eigenvalue weighted by molar-refractivity contribution is 9.10. The van der Waals surface area contributed by atoms with Crippen LogP contribution in [0, 0.1) is 13.8 Å². The van der Waals surface area contributed by atoms with Gasteiger partial charge >= 0.3 is 0 Å². The Morgan fingerprint density at radius 1 is 1.19 bits per heavy atom. The molecule has 21 heavy (non-hydrogen) atoms. The van der Waals surface area contributed by atoms with E-state index in [-0.39, 0.29) is 6.04 Å². The molecule has 1 aromatic heterocycles. The summed E-state index contributed by atoms with van der Waals surface area (Å²) >= 11 is 3.65. The first-order valence-electron chi connectivity index (χ1n) is 7.59. The average Bonchev–Trinajstić information content (AvgIpc) is 2.90. The molecule has 2 aromatic rings. The maximum absolute atomic E-state index is 4.46. The molecule has 0 aliphatic carbocycles. The maximum Gasteiger partial charge on any atom is 0.0608 e. The van der Waals surface area contributed by atoms with Crippen molar-refractivity contribution in [1.29, 1.82) is 0 Å². The van der Waals surface area contributed by atoms with E-state index in [9.17, 15) is 0 Å². The van der Waals surface area contributed by atoms with Crippen molar-refractivity contribution in [2.75, 3.05) is 6.54 Å². The molecule has 0 saturated heterocycles. The van der Waals surface area contributed by atoms with Gasteiger partial charge in [0, 0.05) is 22.8 Å². The van der Waals surface area contributed by atoms with Crippen LogP contribution in [-0.4, -0.2) is 16.3 Å². The van der Waals surface area contributed by atoms with E-state index < -0.39 is 0 Å². The van der Waals surface area contributed by atoms with Gasteiger partial charge in [-0.25, -0.2) is 0 Å². The molecule has 0 amide bonds. The Morgan fingerprint density at radius 3 is 2.43 bits per heavy atom. The van der Waals surface area contributed by atoms with E-state index in [0.717, 1.165) is 19.5 Å². The van der Waals surface area contributed by atoms with Crippen LogP contribution >= 0.6 is 15.9 Å². The number of hydrogen-bond donors (Lipinski definition) is 1. The molecule has 1 N–H and O–H groups in total. The lowest BCUT2D eigenvalue weighted by Crippen LogP contribution is -2.22. The van der Waals surface area contributed by atoms with Crippen LogP contribution in [0.2, 0.25) is 0 Å². The third-order valence-electron chi connectivity index (χ3n) is 3.64. The Hall–Kier alpha value is -1.13. The highest BCUT2D eigenvalue weighted by atomic mass is 79.9. The summed E-state index contributed by atoms with van der Waals surface area (Å²) in [6.45, 7) is 10.5. The van der Waals surface area contributed by atoms with Gasteiger partial charge in [-0.15, -0.1) is 0 Å². The van der Waals surface area contributed by atoms with E-state index in [4.69, 9.17) is 0 Å². The molecule has 4 heteroatoms. The summed E-state index contributed by atoms with van der Waals surface area (Å²) < 4.78 is 3.22. The first kappa shape index (κ1) is 16.2. The van der Waals surface area contributed by atoms with Gasteiger partial charge in [-0.2, -0.15) is 5.10 Å². The van der Waals surface area contributed by atoms with Crippen LogP contribution in [0.25, 0.3) is 0 Å². The van der Waals surface area contributed by atoms with Gasteiger partial charge in [-0.3, -0.25) is 4.68 Å². The molecule has 1 aromatic carbocycles. The van der Waals surface area contributed by atoms with Crippen molar-refractivity contribution in [3.8, 4) is 0 Å². The summed E-state index contributed by atoms with van der Waals surface area (Å²) in [5.74, 6) is 0. The van der Waals surface area contributed by atoms with Gasteiger partial charge in [0.2, 0.25) is 0 Å². The van der Waals surface area contributed by atoms with E-state index in [1.807, 2.05) is 10.9 Å². The summed E-state index contributed by atoms with van der Waals surface area (Å²) in [6, 6.07) is 4.70. The first-order valence-corrected chi connectivity index (χ1v) is 8.38. The van der Waals surface area contributed by atoms with E-state index in [0.29, 0.717) is 0 Å². The molecule has 1 heterocycles. The number of aromatic nitrogens is 2. The smallest absolute Gasteiger partial charge is 0.0608 e. The third kappa shape index (κ3) is 3.74. The topological polar surface area (TPSA) is 29.9 Å². The maximum atomic E-state index is 4.46. The van der Waals surface area contributed by atoms with Gasteiger partial charge < -0.3 is 5.32 Å². The van der Waals surface area contributed by atoms with E-state index in [2.05, 4.69) is 72.4 Å². The summed E-state index contributed by atoms with van der Waals surface area (Å²) in [4.78, 5) is 0. The van der Waals surface area contributed by atoms with Crippen molar-refractivity contribution >= 4 is 15.9 Å². The number of hydrogen-bond acceptors (Lipinski definition) is 2. The monoisotopic (exact) mass is 349 g/mol. The standard InChI is InChI=1S/C17H24BrN3/c1-5-7-21-11-15(10-20-21)17(19-6-2)14-8-12(3)16(18)13(4)9-14/h8-11,17,19H,5-7H2,1-4H3.